The van der Waals surface area contributed by atoms with Gasteiger partial charge in [0.2, 0.25) is 5.91 Å². The summed E-state index contributed by atoms with van der Waals surface area (Å²) in [5.74, 6) is -3.91. The summed E-state index contributed by atoms with van der Waals surface area (Å²) in [5, 5.41) is 13.3. The maximum absolute atomic E-state index is 14.8. The fourth-order valence-corrected chi connectivity index (χ4v) is 6.03. The Bertz CT molecular complexity index is 1650. The molecular weight excluding hydrogens is 544 g/mol. The molecule has 9 nitrogen and oxygen atoms in total. The molecule has 1 unspecified atom stereocenters. The van der Waals surface area contributed by atoms with Gasteiger partial charge in [-0.1, -0.05) is 31.1 Å². The van der Waals surface area contributed by atoms with E-state index in [4.69, 9.17) is 9.37 Å². The fourth-order valence-electron chi connectivity index (χ4n) is 6.03. The minimum atomic E-state index is -1.21. The Morgan fingerprint density at radius 3 is 2.48 bits per heavy atom. The maximum Gasteiger partial charge on any atom is 0.276 e. The average Bonchev–Trinajstić information content (AvgIpc) is 3.36. The molecule has 2 aromatic heterocycles. The van der Waals surface area contributed by atoms with E-state index in [0.717, 1.165) is 28.5 Å². The lowest BCUT2D eigenvalue weighted by molar-refractivity contribution is -0.119. The summed E-state index contributed by atoms with van der Waals surface area (Å²) in [6, 6.07) is 8.08. The third-order valence-corrected chi connectivity index (χ3v) is 8.32. The number of hydrogen-bond acceptors (Lipinski definition) is 6. The normalized spacial score (nSPS) is 17.5. The van der Waals surface area contributed by atoms with E-state index in [9.17, 15) is 18.4 Å². The lowest BCUT2D eigenvalue weighted by Crippen LogP contribution is -2.52. The summed E-state index contributed by atoms with van der Waals surface area (Å²) in [6.07, 6.45) is 3.28. The molecule has 11 heteroatoms. The summed E-state index contributed by atoms with van der Waals surface area (Å²) in [5.41, 5.74) is 4.61. The number of aromatic nitrogens is 3. The number of fused-ring (bicyclic) bond motifs is 1. The van der Waals surface area contributed by atoms with Crippen LogP contribution in [0.1, 0.15) is 71.5 Å². The number of H-pyrrole nitrogens is 1. The quantitative estimate of drug-likeness (QED) is 0.257. The number of ether oxygens (including phenoxy) is 1. The minimum absolute atomic E-state index is 0.0491. The zero-order chi connectivity index (χ0) is 29.8. The van der Waals surface area contributed by atoms with Crippen molar-refractivity contribution in [2.24, 2.45) is 5.41 Å². The van der Waals surface area contributed by atoms with Crippen LogP contribution in [0.3, 0.4) is 0 Å². The Morgan fingerprint density at radius 2 is 1.83 bits per heavy atom. The summed E-state index contributed by atoms with van der Waals surface area (Å²) >= 11 is 0. The van der Waals surface area contributed by atoms with Gasteiger partial charge >= 0.3 is 0 Å². The fraction of sp³-hybridized carbons (Fsp3) is 0.355. The SMILES string of the molecule is Cc1c[nH]c(C)c1-c1ccc(NC(=O)[C@@H](NC(=O)c2nonc2C(C)C)C2c3cc(F)cc(F)c3OCC23CC3)cc1. The highest BCUT2D eigenvalue weighted by atomic mass is 19.1. The van der Waals surface area contributed by atoms with Crippen molar-refractivity contribution in [1.82, 2.24) is 20.6 Å². The van der Waals surface area contributed by atoms with Crippen molar-refractivity contribution in [2.75, 3.05) is 11.9 Å². The molecule has 0 radical (unpaired) electrons. The van der Waals surface area contributed by atoms with Gasteiger partial charge in [0.1, 0.15) is 17.6 Å². The first kappa shape index (κ1) is 27.6. The smallest absolute Gasteiger partial charge is 0.276 e. The molecular formula is C31H31F2N5O4. The molecule has 42 heavy (non-hydrogen) atoms. The molecule has 0 bridgehead atoms. The molecule has 1 aliphatic heterocycles. The van der Waals surface area contributed by atoms with Crippen molar-refractivity contribution in [3.63, 3.8) is 0 Å². The van der Waals surface area contributed by atoms with Gasteiger partial charge in [-0.05, 0) is 61.2 Å². The molecule has 1 fully saturated rings. The Balaban J connectivity index is 1.36. The lowest BCUT2D eigenvalue weighted by atomic mass is 9.75. The van der Waals surface area contributed by atoms with Crippen molar-refractivity contribution < 1.29 is 27.7 Å². The number of hydrogen-bond donors (Lipinski definition) is 3. The molecule has 1 spiro atoms. The van der Waals surface area contributed by atoms with Crippen molar-refractivity contribution in [1.29, 1.82) is 0 Å². The van der Waals surface area contributed by atoms with Gasteiger partial charge in [0.05, 0.1) is 6.61 Å². The molecule has 4 aromatic rings. The van der Waals surface area contributed by atoms with Crippen LogP contribution in [0.5, 0.6) is 5.75 Å². The van der Waals surface area contributed by atoms with Crippen molar-refractivity contribution in [3.05, 3.63) is 82.4 Å². The van der Waals surface area contributed by atoms with E-state index in [1.54, 1.807) is 12.1 Å². The highest BCUT2D eigenvalue weighted by Gasteiger charge is 2.58. The standard InChI is InChI=1S/C31H31F2N5O4/c1-15(2)25-27(38-42-37-25)30(40)36-26(24-21-11-19(32)12-22(33)28(21)41-14-31(24)9-10-31)29(39)35-20-7-5-18(6-8-20)23-16(3)13-34-17(23)4/h5-8,11-13,15,24,26,34H,9-10,14H2,1-4H3,(H,35,39)(H,36,40)/t24?,26-/m0/s1. The summed E-state index contributed by atoms with van der Waals surface area (Å²) in [6.45, 7) is 7.81. The number of halogens is 2. The third-order valence-electron chi connectivity index (χ3n) is 8.32. The zero-order valence-electron chi connectivity index (χ0n) is 23.7. The van der Waals surface area contributed by atoms with Crippen molar-refractivity contribution in [3.8, 4) is 16.9 Å². The molecule has 2 atom stereocenters. The second-order valence-corrected chi connectivity index (χ2v) is 11.6. The van der Waals surface area contributed by atoms with E-state index < -0.39 is 40.8 Å². The highest BCUT2D eigenvalue weighted by molar-refractivity contribution is 6.01. The Morgan fingerprint density at radius 1 is 1.10 bits per heavy atom. The van der Waals surface area contributed by atoms with Gasteiger partial charge in [-0.2, -0.15) is 0 Å². The zero-order valence-corrected chi connectivity index (χ0v) is 23.7. The molecule has 2 amide bonds. The molecule has 3 heterocycles. The number of carbonyl (C=O) groups is 2. The Labute approximate surface area is 241 Å². The number of rotatable bonds is 7. The number of nitrogens with zero attached hydrogens (tertiary/aromatic N) is 2. The molecule has 1 aliphatic carbocycles. The molecule has 0 saturated heterocycles. The van der Waals surface area contributed by atoms with Crippen LogP contribution in [0.25, 0.3) is 11.1 Å². The van der Waals surface area contributed by atoms with Crippen LogP contribution in [-0.2, 0) is 4.79 Å². The van der Waals surface area contributed by atoms with Crippen LogP contribution in [0.2, 0.25) is 0 Å². The van der Waals surface area contributed by atoms with E-state index in [1.165, 1.54) is 6.07 Å². The molecule has 2 aromatic carbocycles. The van der Waals surface area contributed by atoms with E-state index >= 15 is 0 Å². The van der Waals surface area contributed by atoms with Gasteiger partial charge in [-0.3, -0.25) is 9.59 Å². The van der Waals surface area contributed by atoms with Gasteiger partial charge in [0, 0.05) is 52.0 Å². The number of anilines is 1. The van der Waals surface area contributed by atoms with Gasteiger partial charge in [-0.15, -0.1) is 0 Å². The van der Waals surface area contributed by atoms with Crippen LogP contribution >= 0.6 is 0 Å². The number of amides is 2. The topological polar surface area (TPSA) is 122 Å². The van der Waals surface area contributed by atoms with Crippen LogP contribution in [0.15, 0.2) is 47.2 Å². The van der Waals surface area contributed by atoms with Crippen molar-refractivity contribution in [2.45, 2.75) is 58.4 Å². The predicted molar refractivity (Wildman–Crippen MR) is 150 cm³/mol. The second kappa shape index (κ2) is 10.4. The Hall–Kier alpha value is -4.54. The minimum Gasteiger partial charge on any atom is -0.490 e. The van der Waals surface area contributed by atoms with E-state index in [-0.39, 0.29) is 29.5 Å². The van der Waals surface area contributed by atoms with Gasteiger partial charge in [0.25, 0.3) is 5.91 Å². The van der Waals surface area contributed by atoms with Crippen LogP contribution in [-0.4, -0.2) is 39.8 Å². The van der Waals surface area contributed by atoms with E-state index in [0.29, 0.717) is 24.2 Å². The first-order valence-electron chi connectivity index (χ1n) is 13.9. The number of aryl methyl sites for hydroxylation is 2. The van der Waals surface area contributed by atoms with E-state index in [2.05, 4.69) is 25.9 Å². The van der Waals surface area contributed by atoms with Gasteiger partial charge in [-0.25, -0.2) is 13.4 Å². The lowest BCUT2D eigenvalue weighted by Gasteiger charge is -2.38. The predicted octanol–water partition coefficient (Wildman–Crippen LogP) is 5.78. The number of benzene rings is 2. The molecule has 1 saturated carbocycles. The summed E-state index contributed by atoms with van der Waals surface area (Å²) < 4.78 is 39.9. The molecule has 218 valence electrons. The summed E-state index contributed by atoms with van der Waals surface area (Å²) in [7, 11) is 0. The first-order chi connectivity index (χ1) is 20.1. The monoisotopic (exact) mass is 575 g/mol. The average molecular weight is 576 g/mol. The maximum atomic E-state index is 14.8. The number of carbonyl (C=O) groups excluding carboxylic acids is 2. The van der Waals surface area contributed by atoms with Crippen LogP contribution < -0.4 is 15.4 Å². The molecule has 6 rings (SSSR count). The molecule has 3 N–H and O–H groups in total. The number of aromatic amines is 1. The first-order valence-corrected chi connectivity index (χ1v) is 13.9. The van der Waals surface area contributed by atoms with Crippen molar-refractivity contribution >= 4 is 17.5 Å². The van der Waals surface area contributed by atoms with Crippen LogP contribution in [0.4, 0.5) is 14.5 Å². The van der Waals surface area contributed by atoms with Crippen LogP contribution in [0, 0.1) is 30.9 Å². The van der Waals surface area contributed by atoms with E-state index in [1.807, 2.05) is 46.0 Å². The Kier molecular flexibility index (Phi) is 6.83. The summed E-state index contributed by atoms with van der Waals surface area (Å²) in [4.78, 5) is 30.8. The largest absolute Gasteiger partial charge is 0.490 e. The van der Waals surface area contributed by atoms with Gasteiger partial charge in [0.15, 0.2) is 17.3 Å². The van der Waals surface area contributed by atoms with Gasteiger partial charge < -0.3 is 20.4 Å². The third kappa shape index (κ3) is 4.82. The number of nitrogens with one attached hydrogen (secondary N) is 3. The molecule has 2 aliphatic rings. The second-order valence-electron chi connectivity index (χ2n) is 11.6. The highest BCUT2D eigenvalue weighted by Crippen LogP contribution is 2.61.